The molecule has 0 amide bonds. The highest BCUT2D eigenvalue weighted by Crippen LogP contribution is 2.26. The summed E-state index contributed by atoms with van der Waals surface area (Å²) in [5.74, 6) is 0. The Bertz CT molecular complexity index is 722. The van der Waals surface area contributed by atoms with Crippen molar-refractivity contribution in [2.75, 3.05) is 36.0 Å². The maximum Gasteiger partial charge on any atom is 0.272 e. The molecule has 0 N–H and O–H groups in total. The van der Waals surface area contributed by atoms with Crippen LogP contribution in [0.25, 0.3) is 0 Å². The van der Waals surface area contributed by atoms with Crippen LogP contribution in [0.4, 0.5) is 17.1 Å². The molecule has 5 heteroatoms. The molecule has 1 saturated heterocycles. The summed E-state index contributed by atoms with van der Waals surface area (Å²) in [5, 5.41) is 10.9. The molecule has 0 atom stereocenters. The maximum absolute atomic E-state index is 10.9. The van der Waals surface area contributed by atoms with Crippen LogP contribution >= 0.6 is 0 Å². The second kappa shape index (κ2) is 6.28. The van der Waals surface area contributed by atoms with Gasteiger partial charge in [0.25, 0.3) is 5.69 Å². The lowest BCUT2D eigenvalue weighted by atomic mass is 10.1. The SMILES string of the molecule is Cc1cccc(N2CCN(c3ccc([N+](=O)[O-])c(C)c3)CC2)c1. The maximum atomic E-state index is 10.9. The number of benzene rings is 2. The topological polar surface area (TPSA) is 49.6 Å². The molecule has 1 fully saturated rings. The van der Waals surface area contributed by atoms with E-state index in [0.717, 1.165) is 31.9 Å². The van der Waals surface area contributed by atoms with Crippen LogP contribution in [0.1, 0.15) is 11.1 Å². The largest absolute Gasteiger partial charge is 0.368 e. The van der Waals surface area contributed by atoms with E-state index in [-0.39, 0.29) is 10.6 Å². The first-order chi connectivity index (χ1) is 11.0. The molecule has 1 aliphatic heterocycles. The van der Waals surface area contributed by atoms with Gasteiger partial charge in [-0.05, 0) is 43.7 Å². The Morgan fingerprint density at radius 3 is 2.04 bits per heavy atom. The van der Waals surface area contributed by atoms with Gasteiger partial charge < -0.3 is 9.80 Å². The Balaban J connectivity index is 1.69. The van der Waals surface area contributed by atoms with Crippen molar-refractivity contribution in [3.05, 3.63) is 63.7 Å². The number of nitrogens with zero attached hydrogens (tertiary/aromatic N) is 3. The quantitative estimate of drug-likeness (QED) is 0.642. The van der Waals surface area contributed by atoms with Gasteiger partial charge in [-0.15, -0.1) is 0 Å². The molecule has 0 saturated carbocycles. The fourth-order valence-electron chi connectivity index (χ4n) is 3.09. The van der Waals surface area contributed by atoms with Gasteiger partial charge in [0.1, 0.15) is 0 Å². The summed E-state index contributed by atoms with van der Waals surface area (Å²) in [4.78, 5) is 15.3. The van der Waals surface area contributed by atoms with Crippen molar-refractivity contribution in [1.29, 1.82) is 0 Å². The van der Waals surface area contributed by atoms with E-state index in [9.17, 15) is 10.1 Å². The summed E-state index contributed by atoms with van der Waals surface area (Å²) >= 11 is 0. The molecule has 1 aliphatic rings. The van der Waals surface area contributed by atoms with Crippen molar-refractivity contribution in [1.82, 2.24) is 0 Å². The van der Waals surface area contributed by atoms with Crippen molar-refractivity contribution in [2.24, 2.45) is 0 Å². The highest BCUT2D eigenvalue weighted by molar-refractivity contribution is 5.57. The normalized spacial score (nSPS) is 14.9. The second-order valence-electron chi connectivity index (χ2n) is 6.04. The van der Waals surface area contributed by atoms with Crippen LogP contribution in [0, 0.1) is 24.0 Å². The minimum Gasteiger partial charge on any atom is -0.368 e. The van der Waals surface area contributed by atoms with Gasteiger partial charge in [0.2, 0.25) is 0 Å². The van der Waals surface area contributed by atoms with E-state index in [1.165, 1.54) is 11.3 Å². The molecule has 5 nitrogen and oxygen atoms in total. The highest BCUT2D eigenvalue weighted by Gasteiger charge is 2.19. The first kappa shape index (κ1) is 15.3. The molecule has 3 rings (SSSR count). The minimum absolute atomic E-state index is 0.187. The van der Waals surface area contributed by atoms with E-state index in [1.54, 1.807) is 13.0 Å². The van der Waals surface area contributed by atoms with E-state index < -0.39 is 0 Å². The molecular formula is C18H21N3O2. The van der Waals surface area contributed by atoms with Crippen LogP contribution in [-0.4, -0.2) is 31.1 Å². The fourth-order valence-corrected chi connectivity index (χ4v) is 3.09. The minimum atomic E-state index is -0.325. The molecule has 0 bridgehead atoms. The van der Waals surface area contributed by atoms with Crippen LogP contribution in [0.2, 0.25) is 0 Å². The first-order valence-corrected chi connectivity index (χ1v) is 7.86. The second-order valence-corrected chi connectivity index (χ2v) is 6.04. The van der Waals surface area contributed by atoms with Crippen molar-refractivity contribution < 1.29 is 4.92 Å². The Morgan fingerprint density at radius 2 is 1.52 bits per heavy atom. The predicted molar refractivity (Wildman–Crippen MR) is 93.4 cm³/mol. The molecule has 2 aromatic rings. The fraction of sp³-hybridized carbons (Fsp3) is 0.333. The van der Waals surface area contributed by atoms with Crippen molar-refractivity contribution in [2.45, 2.75) is 13.8 Å². The molecule has 0 spiro atoms. The van der Waals surface area contributed by atoms with Crippen LogP contribution in [-0.2, 0) is 0 Å². The van der Waals surface area contributed by atoms with Gasteiger partial charge in [-0.2, -0.15) is 0 Å². The lowest BCUT2D eigenvalue weighted by Gasteiger charge is -2.37. The van der Waals surface area contributed by atoms with Crippen molar-refractivity contribution >= 4 is 17.1 Å². The number of nitro benzene ring substituents is 1. The van der Waals surface area contributed by atoms with Gasteiger partial charge in [0.05, 0.1) is 4.92 Å². The van der Waals surface area contributed by atoms with Gasteiger partial charge in [-0.25, -0.2) is 0 Å². The molecule has 0 radical (unpaired) electrons. The summed E-state index contributed by atoms with van der Waals surface area (Å²) in [7, 11) is 0. The lowest BCUT2D eigenvalue weighted by molar-refractivity contribution is -0.385. The summed E-state index contributed by atoms with van der Waals surface area (Å²) < 4.78 is 0. The smallest absolute Gasteiger partial charge is 0.272 e. The molecule has 23 heavy (non-hydrogen) atoms. The van der Waals surface area contributed by atoms with Crippen LogP contribution in [0.3, 0.4) is 0 Å². The molecule has 0 aromatic heterocycles. The average molecular weight is 311 g/mol. The first-order valence-electron chi connectivity index (χ1n) is 7.86. The molecule has 2 aromatic carbocycles. The molecule has 0 aliphatic carbocycles. The van der Waals surface area contributed by atoms with Crippen LogP contribution in [0.5, 0.6) is 0 Å². The third-order valence-corrected chi connectivity index (χ3v) is 4.39. The van der Waals surface area contributed by atoms with E-state index in [4.69, 9.17) is 0 Å². The third-order valence-electron chi connectivity index (χ3n) is 4.39. The number of nitro groups is 1. The molecule has 1 heterocycles. The van der Waals surface area contributed by atoms with Crippen molar-refractivity contribution in [3.8, 4) is 0 Å². The zero-order chi connectivity index (χ0) is 16.4. The summed E-state index contributed by atoms with van der Waals surface area (Å²) in [6.07, 6.45) is 0. The average Bonchev–Trinajstić information content (AvgIpc) is 2.54. The molecule has 0 unspecified atom stereocenters. The van der Waals surface area contributed by atoms with E-state index in [0.29, 0.717) is 5.56 Å². The molecule has 120 valence electrons. The zero-order valence-electron chi connectivity index (χ0n) is 13.5. The van der Waals surface area contributed by atoms with Gasteiger partial charge in [0, 0.05) is 49.2 Å². The standard InChI is InChI=1S/C18H21N3O2/c1-14-4-3-5-16(12-14)19-8-10-20(11-9-19)17-6-7-18(21(22)23)15(2)13-17/h3-7,12-13H,8-11H2,1-2H3. The Kier molecular flexibility index (Phi) is 4.19. The highest BCUT2D eigenvalue weighted by atomic mass is 16.6. The Hall–Kier alpha value is -2.56. The number of hydrogen-bond donors (Lipinski definition) is 0. The van der Waals surface area contributed by atoms with E-state index >= 15 is 0 Å². The summed E-state index contributed by atoms with van der Waals surface area (Å²) in [5.41, 5.74) is 4.51. The van der Waals surface area contributed by atoms with Gasteiger partial charge in [-0.1, -0.05) is 12.1 Å². The van der Waals surface area contributed by atoms with Gasteiger partial charge >= 0.3 is 0 Å². The van der Waals surface area contributed by atoms with Gasteiger partial charge in [0.15, 0.2) is 0 Å². The van der Waals surface area contributed by atoms with Crippen molar-refractivity contribution in [3.63, 3.8) is 0 Å². The summed E-state index contributed by atoms with van der Waals surface area (Å²) in [6.45, 7) is 7.67. The number of hydrogen-bond acceptors (Lipinski definition) is 4. The number of anilines is 2. The molecular weight excluding hydrogens is 290 g/mol. The number of piperazine rings is 1. The number of aryl methyl sites for hydroxylation is 2. The number of rotatable bonds is 3. The van der Waals surface area contributed by atoms with E-state index in [2.05, 4.69) is 41.0 Å². The monoisotopic (exact) mass is 311 g/mol. The van der Waals surface area contributed by atoms with Crippen LogP contribution < -0.4 is 9.80 Å². The third kappa shape index (κ3) is 3.28. The zero-order valence-corrected chi connectivity index (χ0v) is 13.5. The Labute approximate surface area is 136 Å². The lowest BCUT2D eigenvalue weighted by Crippen LogP contribution is -2.46. The predicted octanol–water partition coefficient (Wildman–Crippen LogP) is 3.54. The summed E-state index contributed by atoms with van der Waals surface area (Å²) in [6, 6.07) is 14.0. The Morgan fingerprint density at radius 1 is 0.913 bits per heavy atom. The van der Waals surface area contributed by atoms with Crippen LogP contribution in [0.15, 0.2) is 42.5 Å². The van der Waals surface area contributed by atoms with Gasteiger partial charge in [-0.3, -0.25) is 10.1 Å². The van der Waals surface area contributed by atoms with E-state index in [1.807, 2.05) is 12.1 Å².